The van der Waals surface area contributed by atoms with Crippen molar-refractivity contribution in [3.8, 4) is 0 Å². The standard InChI is InChI=1S/C10H12Cl2N2/c1-9(2)5-10(9,13)6-3-7(11)14-8(12)4-6/h3-4H,5,13H2,1-2H3. The van der Waals surface area contributed by atoms with Gasteiger partial charge in [-0.1, -0.05) is 37.0 Å². The fourth-order valence-electron chi connectivity index (χ4n) is 1.87. The molecular formula is C10H12Cl2N2. The third-order valence-corrected chi connectivity index (χ3v) is 3.47. The number of nitrogens with two attached hydrogens (primary N) is 1. The van der Waals surface area contributed by atoms with Crippen molar-refractivity contribution in [3.63, 3.8) is 0 Å². The predicted octanol–water partition coefficient (Wildman–Crippen LogP) is 2.97. The lowest BCUT2D eigenvalue weighted by Gasteiger charge is -2.15. The molecular weight excluding hydrogens is 219 g/mol. The van der Waals surface area contributed by atoms with Crippen LogP contribution in [0.1, 0.15) is 25.8 Å². The summed E-state index contributed by atoms with van der Waals surface area (Å²) in [5, 5.41) is 0.806. The average molecular weight is 231 g/mol. The zero-order chi connectivity index (χ0) is 10.6. The number of pyridine rings is 1. The first-order valence-corrected chi connectivity index (χ1v) is 5.23. The van der Waals surface area contributed by atoms with Crippen molar-refractivity contribution in [2.45, 2.75) is 25.8 Å². The first-order chi connectivity index (χ1) is 6.35. The molecule has 0 bridgehead atoms. The molecule has 1 aromatic heterocycles. The lowest BCUT2D eigenvalue weighted by Crippen LogP contribution is -2.25. The van der Waals surface area contributed by atoms with Crippen molar-refractivity contribution >= 4 is 23.2 Å². The molecule has 1 fully saturated rings. The second-order valence-corrected chi connectivity index (χ2v) is 5.31. The van der Waals surface area contributed by atoms with Gasteiger partial charge in [0.15, 0.2) is 0 Å². The summed E-state index contributed by atoms with van der Waals surface area (Å²) in [4.78, 5) is 3.90. The Balaban J connectivity index is 2.44. The van der Waals surface area contributed by atoms with Gasteiger partial charge in [0.25, 0.3) is 0 Å². The van der Waals surface area contributed by atoms with E-state index in [-0.39, 0.29) is 11.0 Å². The second kappa shape index (κ2) is 2.84. The van der Waals surface area contributed by atoms with Crippen LogP contribution in [0.2, 0.25) is 10.3 Å². The van der Waals surface area contributed by atoms with Crippen LogP contribution in [0, 0.1) is 5.41 Å². The highest BCUT2D eigenvalue weighted by Crippen LogP contribution is 2.60. The van der Waals surface area contributed by atoms with Crippen molar-refractivity contribution < 1.29 is 0 Å². The Morgan fingerprint density at radius 3 is 2.07 bits per heavy atom. The second-order valence-electron chi connectivity index (χ2n) is 4.53. The van der Waals surface area contributed by atoms with Gasteiger partial charge < -0.3 is 5.73 Å². The predicted molar refractivity (Wildman–Crippen MR) is 58.5 cm³/mol. The number of hydrogen-bond acceptors (Lipinski definition) is 2. The molecule has 14 heavy (non-hydrogen) atoms. The molecule has 2 nitrogen and oxygen atoms in total. The lowest BCUT2D eigenvalue weighted by molar-refractivity contribution is 0.510. The molecule has 0 radical (unpaired) electrons. The Kier molecular flexibility index (Phi) is 2.08. The molecule has 1 atom stereocenters. The van der Waals surface area contributed by atoms with Crippen molar-refractivity contribution in [2.24, 2.45) is 11.1 Å². The molecule has 1 heterocycles. The molecule has 1 unspecified atom stereocenters. The summed E-state index contributed by atoms with van der Waals surface area (Å²) in [5.74, 6) is 0. The molecule has 0 amide bonds. The highest BCUT2D eigenvalue weighted by Gasteiger charge is 2.59. The van der Waals surface area contributed by atoms with Crippen LogP contribution in [0.3, 0.4) is 0 Å². The van der Waals surface area contributed by atoms with Gasteiger partial charge in [0.1, 0.15) is 10.3 Å². The number of rotatable bonds is 1. The SMILES string of the molecule is CC1(C)CC1(N)c1cc(Cl)nc(Cl)c1. The largest absolute Gasteiger partial charge is 0.321 e. The molecule has 1 saturated carbocycles. The summed E-state index contributed by atoms with van der Waals surface area (Å²) in [5.41, 5.74) is 7.06. The third kappa shape index (κ3) is 1.42. The quantitative estimate of drug-likeness (QED) is 0.754. The van der Waals surface area contributed by atoms with Crippen LogP contribution < -0.4 is 5.73 Å². The molecule has 0 spiro atoms. The van der Waals surface area contributed by atoms with Crippen molar-refractivity contribution in [1.29, 1.82) is 0 Å². The molecule has 1 aromatic rings. The summed E-state index contributed by atoms with van der Waals surface area (Å²) in [6, 6.07) is 3.59. The highest BCUT2D eigenvalue weighted by molar-refractivity contribution is 6.32. The fourth-order valence-corrected chi connectivity index (χ4v) is 2.33. The molecule has 2 N–H and O–H groups in total. The average Bonchev–Trinajstić information content (AvgIpc) is 2.50. The van der Waals surface area contributed by atoms with E-state index in [1.165, 1.54) is 0 Å². The lowest BCUT2D eigenvalue weighted by atomic mass is 9.98. The molecule has 0 saturated heterocycles. The van der Waals surface area contributed by atoms with Gasteiger partial charge >= 0.3 is 0 Å². The minimum Gasteiger partial charge on any atom is -0.321 e. The van der Waals surface area contributed by atoms with Gasteiger partial charge in [-0.2, -0.15) is 0 Å². The smallest absolute Gasteiger partial charge is 0.131 e. The summed E-state index contributed by atoms with van der Waals surface area (Å²) >= 11 is 11.7. The summed E-state index contributed by atoms with van der Waals surface area (Å²) in [6.07, 6.45) is 0.955. The first-order valence-electron chi connectivity index (χ1n) is 4.48. The monoisotopic (exact) mass is 230 g/mol. The Morgan fingerprint density at radius 1 is 1.29 bits per heavy atom. The molecule has 0 aliphatic heterocycles. The van der Waals surface area contributed by atoms with Crippen molar-refractivity contribution in [3.05, 3.63) is 28.0 Å². The van der Waals surface area contributed by atoms with E-state index in [0.29, 0.717) is 10.3 Å². The van der Waals surface area contributed by atoms with Crippen molar-refractivity contribution in [1.82, 2.24) is 4.98 Å². The topological polar surface area (TPSA) is 38.9 Å². The zero-order valence-electron chi connectivity index (χ0n) is 8.14. The van der Waals surface area contributed by atoms with E-state index in [1.807, 2.05) is 0 Å². The van der Waals surface area contributed by atoms with Crippen LogP contribution in [0.5, 0.6) is 0 Å². The molecule has 0 aromatic carbocycles. The zero-order valence-corrected chi connectivity index (χ0v) is 9.65. The van der Waals surface area contributed by atoms with Gasteiger partial charge in [-0.05, 0) is 29.5 Å². The van der Waals surface area contributed by atoms with Gasteiger partial charge in [-0.3, -0.25) is 0 Å². The fraction of sp³-hybridized carbons (Fsp3) is 0.500. The van der Waals surface area contributed by atoms with E-state index in [9.17, 15) is 0 Å². The molecule has 1 aliphatic carbocycles. The normalized spacial score (nSPS) is 28.9. The molecule has 2 rings (SSSR count). The van der Waals surface area contributed by atoms with E-state index >= 15 is 0 Å². The summed E-state index contributed by atoms with van der Waals surface area (Å²) in [6.45, 7) is 4.27. The van der Waals surface area contributed by atoms with Gasteiger partial charge in [0.2, 0.25) is 0 Å². The maximum Gasteiger partial charge on any atom is 0.131 e. The van der Waals surface area contributed by atoms with E-state index in [1.54, 1.807) is 12.1 Å². The van der Waals surface area contributed by atoms with E-state index < -0.39 is 0 Å². The van der Waals surface area contributed by atoms with Crippen LogP contribution in [-0.4, -0.2) is 4.98 Å². The van der Waals surface area contributed by atoms with Crippen LogP contribution in [-0.2, 0) is 5.54 Å². The third-order valence-electron chi connectivity index (χ3n) is 3.08. The molecule has 76 valence electrons. The van der Waals surface area contributed by atoms with Crippen LogP contribution >= 0.6 is 23.2 Å². The highest BCUT2D eigenvalue weighted by atomic mass is 35.5. The maximum atomic E-state index is 6.24. The summed E-state index contributed by atoms with van der Waals surface area (Å²) in [7, 11) is 0. The molecule has 1 aliphatic rings. The number of nitrogens with zero attached hydrogens (tertiary/aromatic N) is 1. The Morgan fingerprint density at radius 2 is 1.71 bits per heavy atom. The van der Waals surface area contributed by atoms with Gasteiger partial charge in [0, 0.05) is 5.54 Å². The first kappa shape index (κ1) is 10.2. The number of aromatic nitrogens is 1. The minimum atomic E-state index is -0.288. The number of halogens is 2. The Bertz CT molecular complexity index is 369. The van der Waals surface area contributed by atoms with Crippen LogP contribution in [0.15, 0.2) is 12.1 Å². The van der Waals surface area contributed by atoms with Gasteiger partial charge in [-0.15, -0.1) is 0 Å². The minimum absolute atomic E-state index is 0.126. The van der Waals surface area contributed by atoms with E-state index in [0.717, 1.165) is 12.0 Å². The Hall–Kier alpha value is -0.310. The van der Waals surface area contributed by atoms with Crippen molar-refractivity contribution in [2.75, 3.05) is 0 Å². The van der Waals surface area contributed by atoms with Gasteiger partial charge in [0.05, 0.1) is 0 Å². The van der Waals surface area contributed by atoms with Crippen LogP contribution in [0.25, 0.3) is 0 Å². The van der Waals surface area contributed by atoms with E-state index in [4.69, 9.17) is 28.9 Å². The van der Waals surface area contributed by atoms with Crippen LogP contribution in [0.4, 0.5) is 0 Å². The van der Waals surface area contributed by atoms with E-state index in [2.05, 4.69) is 18.8 Å². The van der Waals surface area contributed by atoms with Gasteiger partial charge in [-0.25, -0.2) is 4.98 Å². The summed E-state index contributed by atoms with van der Waals surface area (Å²) < 4.78 is 0. The molecule has 4 heteroatoms. The maximum absolute atomic E-state index is 6.24. The number of hydrogen-bond donors (Lipinski definition) is 1. The Labute approximate surface area is 93.4 Å².